The Kier molecular flexibility index (Phi) is 3.65. The summed E-state index contributed by atoms with van der Waals surface area (Å²) in [5, 5.41) is 5.42. The van der Waals surface area contributed by atoms with Crippen LogP contribution in [0.4, 0.5) is 0 Å². The van der Waals surface area contributed by atoms with E-state index in [0.717, 1.165) is 0 Å². The first kappa shape index (κ1) is 13.0. The van der Waals surface area contributed by atoms with Crippen molar-refractivity contribution in [2.75, 3.05) is 0 Å². The minimum absolute atomic E-state index is 0.00344. The average molecular weight is 301 g/mol. The molecule has 0 aromatic heterocycles. The maximum atomic E-state index is 11.6. The van der Waals surface area contributed by atoms with Gasteiger partial charge in [-0.2, -0.15) is 0 Å². The van der Waals surface area contributed by atoms with Gasteiger partial charge in [-0.05, 0) is 36.0 Å². The van der Waals surface area contributed by atoms with E-state index >= 15 is 0 Å². The van der Waals surface area contributed by atoms with E-state index in [4.69, 9.17) is 23.2 Å². The van der Waals surface area contributed by atoms with Crippen molar-refractivity contribution < 1.29 is 9.59 Å². The molecule has 0 radical (unpaired) electrons. The minimum Gasteiger partial charge on any atom is -0.299 e. The van der Waals surface area contributed by atoms with E-state index in [1.807, 2.05) is 0 Å². The van der Waals surface area contributed by atoms with E-state index < -0.39 is 11.8 Å². The van der Waals surface area contributed by atoms with Gasteiger partial charge in [-0.25, -0.2) is 0 Å². The summed E-state index contributed by atoms with van der Waals surface area (Å²) in [7, 11) is 0. The average Bonchev–Trinajstić information content (AvgIpc) is 2.28. The summed E-state index contributed by atoms with van der Waals surface area (Å²) in [6, 6.07) is 4.79. The molecule has 7 heteroatoms. The van der Waals surface area contributed by atoms with Crippen LogP contribution in [0, 0.1) is 0 Å². The van der Waals surface area contributed by atoms with Crippen molar-refractivity contribution in [3.63, 3.8) is 0 Å². The summed E-state index contributed by atoms with van der Waals surface area (Å²) in [4.78, 5) is 23.2. The molecule has 2 rings (SSSR count). The Bertz CT molecular complexity index is 577. The Morgan fingerprint density at radius 3 is 2.22 bits per heavy atom. The molecule has 0 unspecified atom stereocenters. The summed E-state index contributed by atoms with van der Waals surface area (Å²) in [5.74, 6) is -1.09. The van der Waals surface area contributed by atoms with Gasteiger partial charge in [-0.3, -0.25) is 20.2 Å². The minimum atomic E-state index is -0.546. The molecule has 1 aromatic rings. The SMILES string of the molecule is O=C1NC(=S)NC(=O)C1=Cc1ccc(Cl)c(Cl)c1. The third kappa shape index (κ3) is 2.69. The van der Waals surface area contributed by atoms with E-state index in [1.165, 1.54) is 6.08 Å². The highest BCUT2D eigenvalue weighted by molar-refractivity contribution is 7.80. The first-order chi connectivity index (χ1) is 8.47. The zero-order chi connectivity index (χ0) is 13.3. The number of rotatable bonds is 1. The Morgan fingerprint density at radius 1 is 1.06 bits per heavy atom. The molecule has 1 heterocycles. The van der Waals surface area contributed by atoms with E-state index in [2.05, 4.69) is 22.9 Å². The predicted octanol–water partition coefficient (Wildman–Crippen LogP) is 1.91. The van der Waals surface area contributed by atoms with Crippen LogP contribution in [0.25, 0.3) is 6.08 Å². The van der Waals surface area contributed by atoms with Crippen molar-refractivity contribution in [2.45, 2.75) is 0 Å². The number of hydrogen-bond acceptors (Lipinski definition) is 3. The number of benzene rings is 1. The number of halogens is 2. The van der Waals surface area contributed by atoms with Gasteiger partial charge in [0.1, 0.15) is 5.57 Å². The quantitative estimate of drug-likeness (QED) is 0.473. The van der Waals surface area contributed by atoms with Crippen molar-refractivity contribution in [1.29, 1.82) is 0 Å². The Morgan fingerprint density at radius 2 is 1.67 bits per heavy atom. The van der Waals surface area contributed by atoms with Gasteiger partial charge in [-0.1, -0.05) is 29.3 Å². The van der Waals surface area contributed by atoms with E-state index in [-0.39, 0.29) is 10.7 Å². The van der Waals surface area contributed by atoms with Gasteiger partial charge < -0.3 is 0 Å². The lowest BCUT2D eigenvalue weighted by Gasteiger charge is -2.16. The molecule has 1 aliphatic rings. The highest BCUT2D eigenvalue weighted by atomic mass is 35.5. The van der Waals surface area contributed by atoms with Crippen molar-refractivity contribution in [3.05, 3.63) is 39.4 Å². The highest BCUT2D eigenvalue weighted by Crippen LogP contribution is 2.23. The zero-order valence-electron chi connectivity index (χ0n) is 8.79. The molecule has 0 spiro atoms. The zero-order valence-corrected chi connectivity index (χ0v) is 11.1. The number of hydrogen-bond donors (Lipinski definition) is 2. The number of nitrogens with one attached hydrogen (secondary N) is 2. The topological polar surface area (TPSA) is 58.2 Å². The van der Waals surface area contributed by atoms with Crippen molar-refractivity contribution in [2.24, 2.45) is 0 Å². The predicted molar refractivity (Wildman–Crippen MR) is 73.3 cm³/mol. The molecule has 1 fully saturated rings. The fraction of sp³-hybridized carbons (Fsp3) is 0. The highest BCUT2D eigenvalue weighted by Gasteiger charge is 2.25. The lowest BCUT2D eigenvalue weighted by Crippen LogP contribution is -2.51. The third-order valence-electron chi connectivity index (χ3n) is 2.20. The maximum absolute atomic E-state index is 11.6. The van der Waals surface area contributed by atoms with Crippen molar-refractivity contribution in [3.8, 4) is 0 Å². The second kappa shape index (κ2) is 5.06. The Hall–Kier alpha value is -1.43. The monoisotopic (exact) mass is 300 g/mol. The summed E-state index contributed by atoms with van der Waals surface area (Å²) in [6.07, 6.45) is 1.41. The third-order valence-corrected chi connectivity index (χ3v) is 3.14. The van der Waals surface area contributed by atoms with Gasteiger partial charge in [0, 0.05) is 0 Å². The van der Waals surface area contributed by atoms with Crippen LogP contribution in [0.2, 0.25) is 10.0 Å². The Labute approximate surface area is 118 Å². The summed E-state index contributed by atoms with van der Waals surface area (Å²) in [6.45, 7) is 0. The van der Waals surface area contributed by atoms with Crippen molar-refractivity contribution in [1.82, 2.24) is 10.6 Å². The van der Waals surface area contributed by atoms with Crippen LogP contribution in [-0.2, 0) is 9.59 Å². The van der Waals surface area contributed by atoms with E-state index in [9.17, 15) is 9.59 Å². The lowest BCUT2D eigenvalue weighted by molar-refractivity contribution is -0.123. The van der Waals surface area contributed by atoms with Gasteiger partial charge in [-0.15, -0.1) is 0 Å². The van der Waals surface area contributed by atoms with Crippen LogP contribution in [0.1, 0.15) is 5.56 Å². The molecule has 1 saturated heterocycles. The molecule has 0 bridgehead atoms. The number of thiocarbonyl (C=S) groups is 1. The van der Waals surface area contributed by atoms with Crippen LogP contribution in [0.5, 0.6) is 0 Å². The normalized spacial score (nSPS) is 15.2. The largest absolute Gasteiger partial charge is 0.299 e. The molecule has 92 valence electrons. The number of carbonyl (C=O) groups excluding carboxylic acids is 2. The maximum Gasteiger partial charge on any atom is 0.263 e. The van der Waals surface area contributed by atoms with Crippen LogP contribution < -0.4 is 10.6 Å². The van der Waals surface area contributed by atoms with Gasteiger partial charge in [0.2, 0.25) is 0 Å². The van der Waals surface area contributed by atoms with Gasteiger partial charge in [0.15, 0.2) is 5.11 Å². The molecule has 2 N–H and O–H groups in total. The van der Waals surface area contributed by atoms with Gasteiger partial charge in [0.25, 0.3) is 11.8 Å². The smallest absolute Gasteiger partial charge is 0.263 e. The molecule has 1 aromatic carbocycles. The van der Waals surface area contributed by atoms with Crippen molar-refractivity contribution >= 4 is 58.4 Å². The summed E-state index contributed by atoms with van der Waals surface area (Å²) >= 11 is 16.3. The lowest BCUT2D eigenvalue weighted by atomic mass is 10.1. The second-order valence-corrected chi connectivity index (χ2v) is 4.69. The van der Waals surface area contributed by atoms with Crippen LogP contribution in [-0.4, -0.2) is 16.9 Å². The van der Waals surface area contributed by atoms with E-state index in [1.54, 1.807) is 18.2 Å². The number of amides is 2. The second-order valence-electron chi connectivity index (χ2n) is 3.47. The standard InChI is InChI=1S/C11H6Cl2N2O2S/c12-7-2-1-5(4-8(7)13)3-6-9(16)14-11(18)15-10(6)17/h1-4H,(H2,14,15,16,17,18). The van der Waals surface area contributed by atoms with Crippen LogP contribution in [0.15, 0.2) is 23.8 Å². The summed E-state index contributed by atoms with van der Waals surface area (Å²) < 4.78 is 0. The number of carbonyl (C=O) groups is 2. The van der Waals surface area contributed by atoms with E-state index in [0.29, 0.717) is 15.6 Å². The summed E-state index contributed by atoms with van der Waals surface area (Å²) in [5.41, 5.74) is 0.555. The molecule has 1 aliphatic heterocycles. The van der Waals surface area contributed by atoms with Gasteiger partial charge >= 0.3 is 0 Å². The molecule has 4 nitrogen and oxygen atoms in total. The molecule has 2 amide bonds. The fourth-order valence-corrected chi connectivity index (χ4v) is 1.87. The molecule has 0 atom stereocenters. The molecular weight excluding hydrogens is 295 g/mol. The molecule has 18 heavy (non-hydrogen) atoms. The first-order valence-corrected chi connectivity index (χ1v) is 5.97. The van der Waals surface area contributed by atoms with Crippen LogP contribution >= 0.6 is 35.4 Å². The Balaban J connectivity index is 2.37. The molecular formula is C11H6Cl2N2O2S. The van der Waals surface area contributed by atoms with Gasteiger partial charge in [0.05, 0.1) is 10.0 Å². The van der Waals surface area contributed by atoms with Crippen LogP contribution in [0.3, 0.4) is 0 Å². The fourth-order valence-electron chi connectivity index (χ4n) is 1.38. The molecule has 0 saturated carbocycles. The molecule has 0 aliphatic carbocycles. The first-order valence-electron chi connectivity index (χ1n) is 4.81.